The van der Waals surface area contributed by atoms with Crippen LogP contribution in [0.3, 0.4) is 0 Å². The van der Waals surface area contributed by atoms with Crippen molar-refractivity contribution in [1.29, 1.82) is 0 Å². The van der Waals surface area contributed by atoms with Crippen LogP contribution in [0.2, 0.25) is 0 Å². The molecule has 2 amide bonds. The molecule has 0 aromatic heterocycles. The Hall–Kier alpha value is -1.60. The van der Waals surface area contributed by atoms with Gasteiger partial charge in [-0.15, -0.1) is 0 Å². The molecular weight excluding hydrogens is 280 g/mol. The lowest BCUT2D eigenvalue weighted by Gasteiger charge is -2.08. The number of ether oxygens (including phenoxy) is 1. The summed E-state index contributed by atoms with van der Waals surface area (Å²) >= 11 is 0. The van der Waals surface area contributed by atoms with Crippen LogP contribution < -0.4 is 10.6 Å². The van der Waals surface area contributed by atoms with E-state index in [4.69, 9.17) is 4.74 Å². The van der Waals surface area contributed by atoms with Crippen molar-refractivity contribution in [2.45, 2.75) is 12.2 Å². The molecule has 6 nitrogen and oxygen atoms in total. The molecule has 0 saturated carbocycles. The summed E-state index contributed by atoms with van der Waals surface area (Å²) in [6, 6.07) is 6.46. The Labute approximate surface area is 119 Å². The van der Waals surface area contributed by atoms with E-state index in [2.05, 4.69) is 10.6 Å². The Morgan fingerprint density at radius 2 is 2.10 bits per heavy atom. The molecule has 112 valence electrons. The van der Waals surface area contributed by atoms with E-state index in [1.807, 2.05) is 0 Å². The number of hydrogen-bond donors (Lipinski definition) is 2. The molecule has 0 radical (unpaired) electrons. The quantitative estimate of drug-likeness (QED) is 0.745. The minimum Gasteiger partial charge on any atom is -0.385 e. The van der Waals surface area contributed by atoms with Crippen molar-refractivity contribution in [2.24, 2.45) is 0 Å². The van der Waals surface area contributed by atoms with Crippen molar-refractivity contribution in [2.75, 3.05) is 31.8 Å². The average molecular weight is 300 g/mol. The van der Waals surface area contributed by atoms with Crippen LogP contribution in [0.5, 0.6) is 0 Å². The van der Waals surface area contributed by atoms with E-state index in [1.165, 1.54) is 6.26 Å². The lowest BCUT2D eigenvalue weighted by molar-refractivity contribution is 0.194. The summed E-state index contributed by atoms with van der Waals surface area (Å²) in [6.07, 6.45) is 1.91. The highest BCUT2D eigenvalue weighted by molar-refractivity contribution is 7.89. The third-order valence-electron chi connectivity index (χ3n) is 2.42. The van der Waals surface area contributed by atoms with Gasteiger partial charge in [0, 0.05) is 32.2 Å². The summed E-state index contributed by atoms with van der Waals surface area (Å²) < 4.78 is 27.3. The number of anilines is 1. The van der Waals surface area contributed by atoms with Gasteiger partial charge in [0.05, 0.1) is 5.75 Å². The predicted molar refractivity (Wildman–Crippen MR) is 78.5 cm³/mol. The zero-order valence-corrected chi connectivity index (χ0v) is 12.5. The first-order valence-corrected chi connectivity index (χ1v) is 8.27. The number of nitrogens with one attached hydrogen (secondary N) is 2. The first-order chi connectivity index (χ1) is 9.40. The van der Waals surface area contributed by atoms with E-state index in [9.17, 15) is 13.2 Å². The fourth-order valence-corrected chi connectivity index (χ4v) is 2.42. The van der Waals surface area contributed by atoms with Gasteiger partial charge in [0.1, 0.15) is 0 Å². The van der Waals surface area contributed by atoms with E-state index >= 15 is 0 Å². The molecule has 1 rings (SSSR count). The maximum Gasteiger partial charge on any atom is 0.319 e. The second kappa shape index (κ2) is 7.86. The SMILES string of the molecule is COCCCNC(=O)Nc1cccc(CS(C)(=O)=O)c1. The van der Waals surface area contributed by atoms with E-state index in [0.29, 0.717) is 24.4 Å². The number of hydrogen-bond acceptors (Lipinski definition) is 4. The van der Waals surface area contributed by atoms with Crippen LogP contribution in [0, 0.1) is 0 Å². The smallest absolute Gasteiger partial charge is 0.319 e. The first-order valence-electron chi connectivity index (χ1n) is 6.21. The highest BCUT2D eigenvalue weighted by Gasteiger charge is 2.06. The lowest BCUT2D eigenvalue weighted by Crippen LogP contribution is -2.30. The van der Waals surface area contributed by atoms with Crippen LogP contribution in [0.1, 0.15) is 12.0 Å². The van der Waals surface area contributed by atoms with Crippen molar-refractivity contribution < 1.29 is 17.9 Å². The number of rotatable bonds is 7. The van der Waals surface area contributed by atoms with E-state index in [0.717, 1.165) is 6.42 Å². The van der Waals surface area contributed by atoms with Gasteiger partial charge in [-0.2, -0.15) is 0 Å². The second-order valence-electron chi connectivity index (χ2n) is 4.50. The summed E-state index contributed by atoms with van der Waals surface area (Å²) in [4.78, 5) is 11.6. The number of urea groups is 1. The fraction of sp³-hybridized carbons (Fsp3) is 0.462. The monoisotopic (exact) mass is 300 g/mol. The molecule has 0 spiro atoms. The highest BCUT2D eigenvalue weighted by atomic mass is 32.2. The van der Waals surface area contributed by atoms with Crippen molar-refractivity contribution in [3.05, 3.63) is 29.8 Å². The number of amides is 2. The van der Waals surface area contributed by atoms with E-state index in [-0.39, 0.29) is 11.8 Å². The molecule has 0 bridgehead atoms. The molecule has 0 saturated heterocycles. The Kier molecular flexibility index (Phi) is 6.47. The summed E-state index contributed by atoms with van der Waals surface area (Å²) in [6.45, 7) is 1.10. The summed E-state index contributed by atoms with van der Waals surface area (Å²) in [7, 11) is -1.48. The normalized spacial score (nSPS) is 11.1. The van der Waals surface area contributed by atoms with Crippen LogP contribution in [-0.4, -0.2) is 41.0 Å². The topological polar surface area (TPSA) is 84.5 Å². The molecule has 20 heavy (non-hydrogen) atoms. The molecular formula is C13H20N2O4S. The van der Waals surface area contributed by atoms with Crippen molar-refractivity contribution in [1.82, 2.24) is 5.32 Å². The van der Waals surface area contributed by atoms with E-state index in [1.54, 1.807) is 31.4 Å². The van der Waals surface area contributed by atoms with Crippen LogP contribution in [0.4, 0.5) is 10.5 Å². The average Bonchev–Trinajstić information content (AvgIpc) is 2.33. The molecule has 0 aliphatic rings. The second-order valence-corrected chi connectivity index (χ2v) is 6.64. The van der Waals surface area contributed by atoms with Crippen molar-refractivity contribution in [3.63, 3.8) is 0 Å². The van der Waals surface area contributed by atoms with Gasteiger partial charge in [-0.1, -0.05) is 12.1 Å². The Morgan fingerprint density at radius 3 is 2.75 bits per heavy atom. The third-order valence-corrected chi connectivity index (χ3v) is 3.28. The molecule has 1 aromatic carbocycles. The maximum absolute atomic E-state index is 11.6. The van der Waals surface area contributed by atoms with Crippen LogP contribution in [0.15, 0.2) is 24.3 Å². The van der Waals surface area contributed by atoms with Crippen LogP contribution >= 0.6 is 0 Å². The molecule has 7 heteroatoms. The zero-order chi connectivity index (χ0) is 15.0. The van der Waals surface area contributed by atoms with Gasteiger partial charge in [0.25, 0.3) is 0 Å². The molecule has 0 aliphatic heterocycles. The van der Waals surface area contributed by atoms with Gasteiger partial charge >= 0.3 is 6.03 Å². The molecule has 1 aromatic rings. The number of benzene rings is 1. The third kappa shape index (κ3) is 7.10. The van der Waals surface area contributed by atoms with Crippen molar-refractivity contribution in [3.8, 4) is 0 Å². The lowest BCUT2D eigenvalue weighted by atomic mass is 10.2. The summed E-state index contributed by atoms with van der Waals surface area (Å²) in [5.74, 6) is -0.0437. The van der Waals surface area contributed by atoms with Crippen LogP contribution in [-0.2, 0) is 20.3 Å². The Morgan fingerprint density at radius 1 is 1.35 bits per heavy atom. The first kappa shape index (κ1) is 16.5. The number of methoxy groups -OCH3 is 1. The zero-order valence-electron chi connectivity index (χ0n) is 11.7. The molecule has 0 aliphatic carbocycles. The molecule has 0 fully saturated rings. The molecule has 0 unspecified atom stereocenters. The van der Waals surface area contributed by atoms with Gasteiger partial charge in [0.15, 0.2) is 9.84 Å². The molecule has 0 heterocycles. The van der Waals surface area contributed by atoms with Gasteiger partial charge < -0.3 is 15.4 Å². The standard InChI is InChI=1S/C13H20N2O4S/c1-19-8-4-7-14-13(16)15-12-6-3-5-11(9-12)10-20(2,17)18/h3,5-6,9H,4,7-8,10H2,1-2H3,(H2,14,15,16). The van der Waals surface area contributed by atoms with Gasteiger partial charge in [-0.05, 0) is 24.1 Å². The van der Waals surface area contributed by atoms with Crippen LogP contribution in [0.25, 0.3) is 0 Å². The number of carbonyl (C=O) groups is 1. The molecule has 0 atom stereocenters. The summed E-state index contributed by atoms with van der Waals surface area (Å²) in [5, 5.41) is 5.34. The molecule has 2 N–H and O–H groups in total. The fourth-order valence-electron chi connectivity index (χ4n) is 1.64. The highest BCUT2D eigenvalue weighted by Crippen LogP contribution is 2.12. The summed E-state index contributed by atoms with van der Waals surface area (Å²) in [5.41, 5.74) is 1.21. The minimum absolute atomic E-state index is 0.0437. The number of sulfone groups is 1. The Balaban J connectivity index is 2.51. The Bertz CT molecular complexity index is 543. The predicted octanol–water partition coefficient (Wildman–Crippen LogP) is 1.39. The maximum atomic E-state index is 11.6. The van der Waals surface area contributed by atoms with Gasteiger partial charge in [-0.25, -0.2) is 13.2 Å². The number of carbonyl (C=O) groups excluding carboxylic acids is 1. The van der Waals surface area contributed by atoms with Crippen molar-refractivity contribution >= 4 is 21.6 Å². The van der Waals surface area contributed by atoms with Gasteiger partial charge in [0.2, 0.25) is 0 Å². The van der Waals surface area contributed by atoms with Gasteiger partial charge in [-0.3, -0.25) is 0 Å². The minimum atomic E-state index is -3.09. The van der Waals surface area contributed by atoms with E-state index < -0.39 is 9.84 Å². The largest absolute Gasteiger partial charge is 0.385 e.